The van der Waals surface area contributed by atoms with Gasteiger partial charge in [-0.2, -0.15) is 13.2 Å². The minimum Gasteiger partial charge on any atom is -0.326 e. The number of fused-ring (bicyclic) bond motifs is 1. The lowest BCUT2D eigenvalue weighted by molar-refractivity contribution is -0.171. The van der Waals surface area contributed by atoms with E-state index in [2.05, 4.69) is 4.98 Å². The molecule has 0 amide bonds. The zero-order chi connectivity index (χ0) is 14.2. The lowest BCUT2D eigenvalue weighted by Gasteiger charge is -2.27. The first-order chi connectivity index (χ1) is 8.86. The normalized spacial score (nSPS) is 15.7. The maximum absolute atomic E-state index is 13.2. The summed E-state index contributed by atoms with van der Waals surface area (Å²) in [5, 5.41) is 0. The van der Waals surface area contributed by atoms with Crippen LogP contribution in [-0.2, 0) is 6.42 Å². The van der Waals surface area contributed by atoms with Gasteiger partial charge in [-0.05, 0) is 19.1 Å². The minimum atomic E-state index is -4.40. The molecule has 6 heteroatoms. The number of rotatable bonds is 3. The second kappa shape index (κ2) is 4.85. The molecule has 0 spiro atoms. The molecule has 0 saturated heterocycles. The van der Waals surface area contributed by atoms with Gasteiger partial charge in [0.15, 0.2) is 0 Å². The maximum atomic E-state index is 13.2. The average molecular weight is 271 g/mol. The van der Waals surface area contributed by atoms with E-state index in [0.717, 1.165) is 0 Å². The summed E-state index contributed by atoms with van der Waals surface area (Å²) in [6.45, 7) is 3.15. The Balaban J connectivity index is 2.71. The minimum absolute atomic E-state index is 0.404. The predicted molar refractivity (Wildman–Crippen MR) is 67.9 cm³/mol. The molecule has 2 unspecified atom stereocenters. The first-order valence-electron chi connectivity index (χ1n) is 6.14. The van der Waals surface area contributed by atoms with Gasteiger partial charge in [-0.15, -0.1) is 0 Å². The zero-order valence-electron chi connectivity index (χ0n) is 10.8. The van der Waals surface area contributed by atoms with Crippen molar-refractivity contribution in [2.45, 2.75) is 38.5 Å². The van der Waals surface area contributed by atoms with Crippen LogP contribution in [-0.4, -0.2) is 21.8 Å². The fourth-order valence-electron chi connectivity index (χ4n) is 2.33. The molecule has 0 fully saturated rings. The van der Waals surface area contributed by atoms with Gasteiger partial charge in [0, 0.05) is 12.5 Å². The molecule has 1 aromatic carbocycles. The molecule has 0 bridgehead atoms. The van der Waals surface area contributed by atoms with E-state index in [1.54, 1.807) is 31.2 Å². The number of aromatic nitrogens is 2. The van der Waals surface area contributed by atoms with Gasteiger partial charge in [-0.3, -0.25) is 0 Å². The zero-order valence-corrected chi connectivity index (χ0v) is 10.8. The summed E-state index contributed by atoms with van der Waals surface area (Å²) in [5.74, 6) is 0.404. The van der Waals surface area contributed by atoms with Crippen molar-refractivity contribution in [2.24, 2.45) is 5.73 Å². The van der Waals surface area contributed by atoms with Crippen LogP contribution in [0, 0.1) is 0 Å². The van der Waals surface area contributed by atoms with Crippen molar-refractivity contribution in [1.29, 1.82) is 0 Å². The first kappa shape index (κ1) is 13.9. The van der Waals surface area contributed by atoms with Crippen LogP contribution in [0.15, 0.2) is 24.3 Å². The average Bonchev–Trinajstić information content (AvgIpc) is 2.66. The first-order valence-corrected chi connectivity index (χ1v) is 6.14. The summed E-state index contributed by atoms with van der Waals surface area (Å²) in [5.41, 5.74) is 6.60. The van der Waals surface area contributed by atoms with Gasteiger partial charge in [0.25, 0.3) is 0 Å². The third kappa shape index (κ3) is 2.45. The summed E-state index contributed by atoms with van der Waals surface area (Å²) >= 11 is 0. The predicted octanol–water partition coefficient (Wildman–Crippen LogP) is 3.05. The smallest absolute Gasteiger partial charge is 0.326 e. The monoisotopic (exact) mass is 271 g/mol. The third-order valence-electron chi connectivity index (χ3n) is 3.10. The summed E-state index contributed by atoms with van der Waals surface area (Å²) < 4.78 is 41.0. The van der Waals surface area contributed by atoms with Crippen LogP contribution >= 0.6 is 0 Å². The highest BCUT2D eigenvalue weighted by Gasteiger charge is 2.44. The van der Waals surface area contributed by atoms with Crippen molar-refractivity contribution in [3.05, 3.63) is 30.1 Å². The van der Waals surface area contributed by atoms with Gasteiger partial charge in [0.2, 0.25) is 0 Å². The van der Waals surface area contributed by atoms with E-state index >= 15 is 0 Å². The second-order valence-corrected chi connectivity index (χ2v) is 4.59. The molecule has 19 heavy (non-hydrogen) atoms. The molecule has 3 nitrogen and oxygen atoms in total. The molecule has 104 valence electrons. The summed E-state index contributed by atoms with van der Waals surface area (Å²) in [7, 11) is 0. The lowest BCUT2D eigenvalue weighted by atomic mass is 10.1. The largest absolute Gasteiger partial charge is 0.410 e. The molecule has 2 N–H and O–H groups in total. The van der Waals surface area contributed by atoms with Crippen LogP contribution in [0.3, 0.4) is 0 Å². The number of nitrogens with zero attached hydrogens (tertiary/aromatic N) is 2. The number of benzene rings is 1. The van der Waals surface area contributed by atoms with Crippen molar-refractivity contribution in [2.75, 3.05) is 0 Å². The number of imidazole rings is 1. The number of halogens is 3. The van der Waals surface area contributed by atoms with Gasteiger partial charge in [-0.25, -0.2) is 4.98 Å². The van der Waals surface area contributed by atoms with Gasteiger partial charge in [0.1, 0.15) is 11.9 Å². The van der Waals surface area contributed by atoms with Crippen molar-refractivity contribution in [3.8, 4) is 0 Å². The Morgan fingerprint density at radius 3 is 2.47 bits per heavy atom. The molecule has 2 atom stereocenters. The van der Waals surface area contributed by atoms with Crippen molar-refractivity contribution in [1.82, 2.24) is 9.55 Å². The van der Waals surface area contributed by atoms with E-state index in [1.165, 1.54) is 11.5 Å². The third-order valence-corrected chi connectivity index (χ3v) is 3.10. The van der Waals surface area contributed by atoms with Crippen LogP contribution in [0.1, 0.15) is 25.7 Å². The fourth-order valence-corrected chi connectivity index (χ4v) is 2.33. The molecule has 2 aromatic rings. The quantitative estimate of drug-likeness (QED) is 0.932. The SMILES string of the molecule is CCc1nc2ccccc2n1C(C(C)N)C(F)(F)F. The van der Waals surface area contributed by atoms with Crippen LogP contribution < -0.4 is 5.73 Å². The van der Waals surface area contributed by atoms with Crippen LogP contribution in [0.5, 0.6) is 0 Å². The number of alkyl halides is 3. The molecule has 0 radical (unpaired) electrons. The highest BCUT2D eigenvalue weighted by Crippen LogP contribution is 2.36. The molecule has 1 aromatic heterocycles. The molecule has 0 saturated carbocycles. The Morgan fingerprint density at radius 2 is 1.95 bits per heavy atom. The summed E-state index contributed by atoms with van der Waals surface area (Å²) in [6, 6.07) is 4.02. The van der Waals surface area contributed by atoms with Crippen molar-refractivity contribution in [3.63, 3.8) is 0 Å². The maximum Gasteiger partial charge on any atom is 0.410 e. The molecule has 0 aliphatic rings. The van der Waals surface area contributed by atoms with Crippen molar-refractivity contribution < 1.29 is 13.2 Å². The Kier molecular flexibility index (Phi) is 3.54. The van der Waals surface area contributed by atoms with E-state index < -0.39 is 18.3 Å². The van der Waals surface area contributed by atoms with E-state index in [1.807, 2.05) is 0 Å². The molecular weight excluding hydrogens is 255 g/mol. The Morgan fingerprint density at radius 1 is 1.32 bits per heavy atom. The van der Waals surface area contributed by atoms with Crippen LogP contribution in [0.2, 0.25) is 0 Å². The van der Waals surface area contributed by atoms with Crippen molar-refractivity contribution >= 4 is 11.0 Å². The van der Waals surface area contributed by atoms with Gasteiger partial charge in [-0.1, -0.05) is 19.1 Å². The van der Waals surface area contributed by atoms with E-state index in [4.69, 9.17) is 5.73 Å². The van der Waals surface area contributed by atoms with Crippen LogP contribution in [0.25, 0.3) is 11.0 Å². The number of para-hydroxylation sites is 2. The van der Waals surface area contributed by atoms with Gasteiger partial charge < -0.3 is 10.3 Å². The molecule has 0 aliphatic heterocycles. The van der Waals surface area contributed by atoms with E-state index in [-0.39, 0.29) is 0 Å². The van der Waals surface area contributed by atoms with Crippen LogP contribution in [0.4, 0.5) is 13.2 Å². The van der Waals surface area contributed by atoms with Gasteiger partial charge in [0.05, 0.1) is 11.0 Å². The molecular formula is C13H16F3N3. The summed E-state index contributed by atoms with van der Waals surface area (Å²) in [4.78, 5) is 4.26. The van der Waals surface area contributed by atoms with E-state index in [0.29, 0.717) is 23.3 Å². The van der Waals surface area contributed by atoms with Gasteiger partial charge >= 0.3 is 6.18 Å². The molecule has 1 heterocycles. The summed E-state index contributed by atoms with van der Waals surface area (Å²) in [6.07, 6.45) is -3.98. The number of nitrogens with two attached hydrogens (primary N) is 1. The highest BCUT2D eigenvalue weighted by molar-refractivity contribution is 5.76. The molecule has 2 rings (SSSR count). The highest BCUT2D eigenvalue weighted by atomic mass is 19.4. The number of aryl methyl sites for hydroxylation is 1. The Labute approximate surface area is 109 Å². The number of hydrogen-bond acceptors (Lipinski definition) is 2. The fraction of sp³-hybridized carbons (Fsp3) is 0.462. The lowest BCUT2D eigenvalue weighted by Crippen LogP contribution is -2.40. The van der Waals surface area contributed by atoms with E-state index in [9.17, 15) is 13.2 Å². The Bertz CT molecular complexity index is 572. The standard InChI is InChI=1S/C13H16F3N3/c1-3-11-18-9-6-4-5-7-10(9)19(11)12(8(2)17)13(14,15)16/h4-8,12H,3,17H2,1-2H3. The number of hydrogen-bond donors (Lipinski definition) is 1. The second-order valence-electron chi connectivity index (χ2n) is 4.59. The Hall–Kier alpha value is -1.56. The topological polar surface area (TPSA) is 43.8 Å². The molecule has 0 aliphatic carbocycles.